The molecule has 0 bridgehead atoms. The van der Waals surface area contributed by atoms with Gasteiger partial charge in [0.2, 0.25) is 15.9 Å². The molecule has 1 fully saturated rings. The number of anilines is 1. The van der Waals surface area contributed by atoms with Gasteiger partial charge >= 0.3 is 6.18 Å². The number of carbonyl (C=O) groups excluding carboxylic acids is 1. The minimum atomic E-state index is -4.48. The minimum Gasteiger partial charge on any atom is -0.356 e. The second-order valence-corrected chi connectivity index (χ2v) is 9.20. The van der Waals surface area contributed by atoms with E-state index in [4.69, 9.17) is 0 Å². The third-order valence-electron chi connectivity index (χ3n) is 4.96. The molecular formula is C19H27F3N2O3S. The molecule has 1 saturated carbocycles. The van der Waals surface area contributed by atoms with Crippen molar-refractivity contribution < 1.29 is 26.4 Å². The van der Waals surface area contributed by atoms with Crippen LogP contribution in [0.4, 0.5) is 18.9 Å². The van der Waals surface area contributed by atoms with Gasteiger partial charge in [-0.05, 0) is 49.4 Å². The fourth-order valence-corrected chi connectivity index (χ4v) is 4.39. The Labute approximate surface area is 164 Å². The Morgan fingerprint density at radius 2 is 1.75 bits per heavy atom. The Morgan fingerprint density at radius 1 is 1.14 bits per heavy atom. The Morgan fingerprint density at radius 3 is 2.29 bits per heavy atom. The maximum atomic E-state index is 12.7. The number of nitrogens with one attached hydrogen (secondary N) is 1. The van der Waals surface area contributed by atoms with Crippen LogP contribution in [0, 0.1) is 5.92 Å². The Kier molecular flexibility index (Phi) is 7.74. The molecule has 0 radical (unpaired) electrons. The number of nitrogens with zero attached hydrogens (tertiary/aromatic N) is 1. The highest BCUT2D eigenvalue weighted by molar-refractivity contribution is 7.92. The molecule has 0 atom stereocenters. The number of carbonyl (C=O) groups is 1. The third-order valence-corrected chi connectivity index (χ3v) is 6.15. The van der Waals surface area contributed by atoms with Crippen molar-refractivity contribution >= 4 is 21.6 Å². The van der Waals surface area contributed by atoms with E-state index in [-0.39, 0.29) is 31.0 Å². The lowest BCUT2D eigenvalue weighted by Crippen LogP contribution is -2.33. The predicted molar refractivity (Wildman–Crippen MR) is 102 cm³/mol. The molecule has 1 aliphatic rings. The van der Waals surface area contributed by atoms with E-state index in [0.29, 0.717) is 12.5 Å². The van der Waals surface area contributed by atoms with Gasteiger partial charge in [0.1, 0.15) is 0 Å². The SMILES string of the molecule is CS(=O)(=O)N(CCCC(=O)NCC1CCCCC1)c1ccc(C(F)(F)F)cc1. The van der Waals surface area contributed by atoms with Crippen molar-refractivity contribution in [1.82, 2.24) is 5.32 Å². The standard InChI is InChI=1S/C19H27F3N2O3S/c1-28(26,27)24(17-11-9-16(10-12-17)19(20,21)22)13-5-8-18(25)23-14-15-6-3-2-4-7-15/h9-12,15H,2-8,13-14H2,1H3,(H,23,25). The van der Waals surface area contributed by atoms with Gasteiger partial charge in [-0.1, -0.05) is 19.3 Å². The van der Waals surface area contributed by atoms with Gasteiger partial charge in [0.15, 0.2) is 0 Å². The van der Waals surface area contributed by atoms with E-state index in [1.165, 1.54) is 19.3 Å². The Hall–Kier alpha value is -1.77. The number of halogens is 3. The summed E-state index contributed by atoms with van der Waals surface area (Å²) in [6.07, 6.45) is 2.83. The number of benzene rings is 1. The first kappa shape index (κ1) is 22.5. The van der Waals surface area contributed by atoms with Gasteiger partial charge in [0, 0.05) is 19.5 Å². The molecule has 0 saturated heterocycles. The summed E-state index contributed by atoms with van der Waals surface area (Å²) in [5.74, 6) is 0.379. The van der Waals surface area contributed by atoms with Crippen molar-refractivity contribution in [3.8, 4) is 0 Å². The summed E-state index contributed by atoms with van der Waals surface area (Å²) in [6.45, 7) is 0.675. The molecule has 5 nitrogen and oxygen atoms in total. The summed E-state index contributed by atoms with van der Waals surface area (Å²) >= 11 is 0. The van der Waals surface area contributed by atoms with Crippen LogP contribution in [0.1, 0.15) is 50.5 Å². The highest BCUT2D eigenvalue weighted by atomic mass is 32.2. The van der Waals surface area contributed by atoms with Crippen LogP contribution >= 0.6 is 0 Å². The fourth-order valence-electron chi connectivity index (χ4n) is 3.42. The zero-order valence-electron chi connectivity index (χ0n) is 16.0. The molecule has 1 N–H and O–H groups in total. The first-order valence-electron chi connectivity index (χ1n) is 9.49. The second kappa shape index (κ2) is 9.62. The lowest BCUT2D eigenvalue weighted by molar-refractivity contribution is -0.137. The van der Waals surface area contributed by atoms with Crippen LogP contribution in [-0.2, 0) is 21.0 Å². The first-order chi connectivity index (χ1) is 13.1. The maximum Gasteiger partial charge on any atom is 0.416 e. The van der Waals surface area contributed by atoms with Crippen molar-refractivity contribution in [3.63, 3.8) is 0 Å². The smallest absolute Gasteiger partial charge is 0.356 e. The monoisotopic (exact) mass is 420 g/mol. The molecule has 0 aromatic heterocycles. The van der Waals surface area contributed by atoms with Gasteiger partial charge in [0.25, 0.3) is 0 Å². The average Bonchev–Trinajstić information content (AvgIpc) is 2.63. The van der Waals surface area contributed by atoms with E-state index in [1.807, 2.05) is 0 Å². The molecule has 0 aliphatic heterocycles. The van der Waals surface area contributed by atoms with Crippen LogP contribution in [-0.4, -0.2) is 33.7 Å². The van der Waals surface area contributed by atoms with Gasteiger partial charge in [0.05, 0.1) is 17.5 Å². The van der Waals surface area contributed by atoms with Gasteiger partial charge in [-0.2, -0.15) is 13.2 Å². The zero-order chi connectivity index (χ0) is 20.8. The number of rotatable bonds is 8. The van der Waals surface area contributed by atoms with Crippen molar-refractivity contribution in [2.45, 2.75) is 51.1 Å². The Bertz CT molecular complexity index is 743. The zero-order valence-corrected chi connectivity index (χ0v) is 16.8. The van der Waals surface area contributed by atoms with Crippen molar-refractivity contribution in [1.29, 1.82) is 0 Å². The van der Waals surface area contributed by atoms with Crippen LogP contribution < -0.4 is 9.62 Å². The molecule has 1 aromatic rings. The van der Waals surface area contributed by atoms with E-state index in [9.17, 15) is 26.4 Å². The molecule has 28 heavy (non-hydrogen) atoms. The summed E-state index contributed by atoms with van der Waals surface area (Å²) in [5.41, 5.74) is -0.690. The largest absolute Gasteiger partial charge is 0.416 e. The molecule has 1 aliphatic carbocycles. The van der Waals surface area contributed by atoms with Crippen molar-refractivity contribution in [2.24, 2.45) is 5.92 Å². The first-order valence-corrected chi connectivity index (χ1v) is 11.3. The lowest BCUT2D eigenvalue weighted by Gasteiger charge is -2.23. The number of alkyl halides is 3. The molecule has 2 rings (SSSR count). The highest BCUT2D eigenvalue weighted by Crippen LogP contribution is 2.31. The molecule has 1 aromatic carbocycles. The summed E-state index contributed by atoms with van der Waals surface area (Å²) < 4.78 is 63.1. The summed E-state index contributed by atoms with van der Waals surface area (Å²) in [6, 6.07) is 3.97. The topological polar surface area (TPSA) is 66.5 Å². The number of hydrogen-bond donors (Lipinski definition) is 1. The second-order valence-electron chi connectivity index (χ2n) is 7.29. The predicted octanol–water partition coefficient (Wildman–Crippen LogP) is 3.95. The van der Waals surface area contributed by atoms with Gasteiger partial charge in [-0.25, -0.2) is 8.42 Å². The van der Waals surface area contributed by atoms with Gasteiger partial charge in [-0.3, -0.25) is 9.10 Å². The number of amides is 1. The highest BCUT2D eigenvalue weighted by Gasteiger charge is 2.30. The van der Waals surface area contributed by atoms with Gasteiger partial charge in [-0.15, -0.1) is 0 Å². The molecule has 0 spiro atoms. The van der Waals surface area contributed by atoms with E-state index in [0.717, 1.165) is 47.7 Å². The van der Waals surface area contributed by atoms with Gasteiger partial charge < -0.3 is 5.32 Å². The molecule has 0 heterocycles. The lowest BCUT2D eigenvalue weighted by atomic mass is 9.89. The quantitative estimate of drug-likeness (QED) is 0.693. The molecule has 1 amide bonds. The normalized spacial score (nSPS) is 16.0. The molecule has 158 valence electrons. The van der Waals surface area contributed by atoms with Crippen LogP contribution in [0.15, 0.2) is 24.3 Å². The van der Waals surface area contributed by atoms with E-state index in [1.54, 1.807) is 0 Å². The average molecular weight is 420 g/mol. The third kappa shape index (κ3) is 7.00. The maximum absolute atomic E-state index is 12.7. The van der Waals surface area contributed by atoms with Crippen molar-refractivity contribution in [2.75, 3.05) is 23.7 Å². The number of sulfonamides is 1. The van der Waals surface area contributed by atoms with E-state index >= 15 is 0 Å². The summed E-state index contributed by atoms with van der Waals surface area (Å²) in [7, 11) is -3.67. The van der Waals surface area contributed by atoms with Crippen LogP contribution in [0.3, 0.4) is 0 Å². The summed E-state index contributed by atoms with van der Waals surface area (Å²) in [5, 5.41) is 2.90. The molecule has 0 unspecified atom stereocenters. The minimum absolute atomic E-state index is 0.0288. The van der Waals surface area contributed by atoms with Crippen LogP contribution in [0.25, 0.3) is 0 Å². The number of hydrogen-bond acceptors (Lipinski definition) is 3. The van der Waals surface area contributed by atoms with Crippen molar-refractivity contribution in [3.05, 3.63) is 29.8 Å². The summed E-state index contributed by atoms with van der Waals surface area (Å²) in [4.78, 5) is 12.0. The van der Waals surface area contributed by atoms with Crippen LogP contribution in [0.5, 0.6) is 0 Å². The van der Waals surface area contributed by atoms with E-state index in [2.05, 4.69) is 5.32 Å². The molecular weight excluding hydrogens is 393 g/mol. The Balaban J connectivity index is 1.88. The van der Waals surface area contributed by atoms with Crippen LogP contribution in [0.2, 0.25) is 0 Å². The fraction of sp³-hybridized carbons (Fsp3) is 0.632. The molecule has 9 heteroatoms. The van der Waals surface area contributed by atoms with E-state index < -0.39 is 21.8 Å².